The van der Waals surface area contributed by atoms with Crippen LogP contribution in [0.1, 0.15) is 18.1 Å². The monoisotopic (exact) mass is 411 g/mol. The van der Waals surface area contributed by atoms with Crippen molar-refractivity contribution in [2.75, 3.05) is 13.2 Å². The van der Waals surface area contributed by atoms with E-state index in [1.165, 1.54) is 6.92 Å². The summed E-state index contributed by atoms with van der Waals surface area (Å²) in [6.45, 7) is 2.50. The van der Waals surface area contributed by atoms with Crippen LogP contribution in [0.3, 0.4) is 0 Å². The minimum Gasteiger partial charge on any atom is -0.457 e. The third kappa shape index (κ3) is 4.63. The molecule has 2 heterocycles. The lowest BCUT2D eigenvalue weighted by molar-refractivity contribution is -0.194. The zero-order valence-corrected chi connectivity index (χ0v) is 16.8. The van der Waals surface area contributed by atoms with Gasteiger partial charge in [0.2, 0.25) is 0 Å². The lowest BCUT2D eigenvalue weighted by atomic mass is 9.94. The molecule has 2 saturated heterocycles. The van der Waals surface area contributed by atoms with Crippen molar-refractivity contribution in [1.82, 2.24) is 4.90 Å². The molecule has 4 rings (SSSR count). The van der Waals surface area contributed by atoms with E-state index in [1.54, 1.807) is 4.90 Å². The van der Waals surface area contributed by atoms with Crippen molar-refractivity contribution < 1.29 is 28.5 Å². The molecule has 0 radical (unpaired) electrons. The Hall–Kier alpha value is -2.90. The number of carbonyl (C=O) groups is 2. The van der Waals surface area contributed by atoms with Crippen LogP contribution in [-0.2, 0) is 37.0 Å². The number of cyclic esters (lactones) is 1. The number of carbonyl (C=O) groups excluding carboxylic acids is 2. The van der Waals surface area contributed by atoms with Gasteiger partial charge in [-0.3, -0.25) is 9.69 Å². The number of nitrogens with zero attached hydrogens (tertiary/aromatic N) is 1. The first-order chi connectivity index (χ1) is 14.6. The Labute approximate surface area is 175 Å². The molecule has 7 nitrogen and oxygen atoms in total. The number of amides is 1. The molecule has 7 heteroatoms. The number of esters is 1. The molecule has 0 aliphatic carbocycles. The number of ether oxygens (including phenoxy) is 4. The van der Waals surface area contributed by atoms with Gasteiger partial charge in [0.25, 0.3) is 0 Å². The molecule has 0 aromatic heterocycles. The number of benzene rings is 2. The van der Waals surface area contributed by atoms with E-state index in [2.05, 4.69) is 0 Å². The summed E-state index contributed by atoms with van der Waals surface area (Å²) in [6, 6.07) is 19.1. The molecular formula is C23H25NO6. The zero-order chi connectivity index (χ0) is 20.9. The van der Waals surface area contributed by atoms with Gasteiger partial charge in [0.05, 0.1) is 25.8 Å². The Bertz CT molecular complexity index is 859. The average molecular weight is 411 g/mol. The molecule has 2 fully saturated rings. The summed E-state index contributed by atoms with van der Waals surface area (Å²) in [5, 5.41) is 0. The van der Waals surface area contributed by atoms with Gasteiger partial charge < -0.3 is 18.9 Å². The second-order valence-corrected chi connectivity index (χ2v) is 7.47. The van der Waals surface area contributed by atoms with Gasteiger partial charge in [-0.05, 0) is 11.1 Å². The third-order valence-electron chi connectivity index (χ3n) is 5.35. The number of rotatable bonds is 7. The molecule has 2 aromatic rings. The van der Waals surface area contributed by atoms with Gasteiger partial charge in [0, 0.05) is 6.92 Å². The molecule has 2 aromatic carbocycles. The standard InChI is InChI=1S/C23H25NO6/c1-16(25)30-22-20(27-13-17-8-4-2-5-9-17)12-24-19(15-29-23(24)26)21(22)28-14-18-10-6-3-7-11-18/h2-11,19-22H,12-15H2,1H3/t19-,20-,21-,22-/m1/s1. The predicted molar refractivity (Wildman–Crippen MR) is 107 cm³/mol. The van der Waals surface area contributed by atoms with Gasteiger partial charge in [-0.25, -0.2) is 4.79 Å². The fraction of sp³-hybridized carbons (Fsp3) is 0.391. The molecule has 158 valence electrons. The van der Waals surface area contributed by atoms with Crippen molar-refractivity contribution in [3.8, 4) is 0 Å². The Kier molecular flexibility index (Phi) is 6.30. The Morgan fingerprint density at radius 2 is 1.57 bits per heavy atom. The Morgan fingerprint density at radius 3 is 2.17 bits per heavy atom. The van der Waals surface area contributed by atoms with Crippen LogP contribution < -0.4 is 0 Å². The molecule has 1 amide bonds. The van der Waals surface area contributed by atoms with E-state index >= 15 is 0 Å². The normalized spacial score (nSPS) is 25.5. The molecule has 0 N–H and O–H groups in total. The zero-order valence-electron chi connectivity index (χ0n) is 16.8. The van der Waals surface area contributed by atoms with E-state index in [4.69, 9.17) is 18.9 Å². The molecule has 30 heavy (non-hydrogen) atoms. The summed E-state index contributed by atoms with van der Waals surface area (Å²) in [7, 11) is 0. The number of fused-ring (bicyclic) bond motifs is 1. The summed E-state index contributed by atoms with van der Waals surface area (Å²) >= 11 is 0. The number of hydrogen-bond acceptors (Lipinski definition) is 6. The van der Waals surface area contributed by atoms with Crippen LogP contribution in [0, 0.1) is 0 Å². The van der Waals surface area contributed by atoms with E-state index in [0.717, 1.165) is 11.1 Å². The first kappa shape index (κ1) is 20.4. The van der Waals surface area contributed by atoms with E-state index < -0.39 is 30.4 Å². The second kappa shape index (κ2) is 9.28. The summed E-state index contributed by atoms with van der Waals surface area (Å²) < 4.78 is 23.2. The minimum absolute atomic E-state index is 0.196. The van der Waals surface area contributed by atoms with Crippen molar-refractivity contribution in [2.24, 2.45) is 0 Å². The van der Waals surface area contributed by atoms with Gasteiger partial charge in [-0.1, -0.05) is 60.7 Å². The second-order valence-electron chi connectivity index (χ2n) is 7.47. The first-order valence-corrected chi connectivity index (χ1v) is 10.0. The molecule has 2 aliphatic rings. The highest BCUT2D eigenvalue weighted by Crippen LogP contribution is 2.31. The molecule has 0 bridgehead atoms. The van der Waals surface area contributed by atoms with Crippen LogP contribution in [-0.4, -0.2) is 54.5 Å². The highest BCUT2D eigenvalue weighted by molar-refractivity contribution is 5.71. The van der Waals surface area contributed by atoms with Crippen molar-refractivity contribution >= 4 is 12.1 Å². The highest BCUT2D eigenvalue weighted by atomic mass is 16.6. The van der Waals surface area contributed by atoms with Crippen LogP contribution in [0.5, 0.6) is 0 Å². The average Bonchev–Trinajstić information content (AvgIpc) is 3.13. The van der Waals surface area contributed by atoms with Crippen molar-refractivity contribution in [3.63, 3.8) is 0 Å². The van der Waals surface area contributed by atoms with Gasteiger partial charge in [-0.2, -0.15) is 0 Å². The van der Waals surface area contributed by atoms with Gasteiger partial charge in [-0.15, -0.1) is 0 Å². The van der Waals surface area contributed by atoms with Crippen LogP contribution >= 0.6 is 0 Å². The molecular weight excluding hydrogens is 386 g/mol. The van der Waals surface area contributed by atoms with Crippen molar-refractivity contribution in [1.29, 1.82) is 0 Å². The Morgan fingerprint density at radius 1 is 0.967 bits per heavy atom. The highest BCUT2D eigenvalue weighted by Gasteiger charge is 2.52. The minimum atomic E-state index is -0.648. The topological polar surface area (TPSA) is 74.3 Å². The predicted octanol–water partition coefficient (Wildman–Crippen LogP) is 2.92. The summed E-state index contributed by atoms with van der Waals surface area (Å²) in [6.07, 6.45) is -2.14. The van der Waals surface area contributed by atoms with Gasteiger partial charge >= 0.3 is 12.1 Å². The largest absolute Gasteiger partial charge is 0.457 e. The van der Waals surface area contributed by atoms with E-state index in [9.17, 15) is 9.59 Å². The van der Waals surface area contributed by atoms with Crippen LogP contribution in [0.2, 0.25) is 0 Å². The summed E-state index contributed by atoms with van der Waals surface area (Å²) in [4.78, 5) is 25.7. The molecule has 2 aliphatic heterocycles. The molecule has 4 atom stereocenters. The van der Waals surface area contributed by atoms with Crippen LogP contribution in [0.25, 0.3) is 0 Å². The van der Waals surface area contributed by atoms with Crippen molar-refractivity contribution in [2.45, 2.75) is 44.5 Å². The lowest BCUT2D eigenvalue weighted by Gasteiger charge is -2.43. The fourth-order valence-corrected chi connectivity index (χ4v) is 3.91. The van der Waals surface area contributed by atoms with E-state index in [0.29, 0.717) is 13.2 Å². The summed E-state index contributed by atoms with van der Waals surface area (Å²) in [5.74, 6) is -0.416. The van der Waals surface area contributed by atoms with E-state index in [-0.39, 0.29) is 19.2 Å². The maximum atomic E-state index is 12.3. The Balaban J connectivity index is 1.54. The van der Waals surface area contributed by atoms with Crippen LogP contribution in [0.15, 0.2) is 60.7 Å². The summed E-state index contributed by atoms with van der Waals surface area (Å²) in [5.41, 5.74) is 1.98. The smallest absolute Gasteiger partial charge is 0.410 e. The quantitative estimate of drug-likeness (QED) is 0.653. The van der Waals surface area contributed by atoms with Gasteiger partial charge in [0.1, 0.15) is 18.8 Å². The van der Waals surface area contributed by atoms with Crippen molar-refractivity contribution in [3.05, 3.63) is 71.8 Å². The fourth-order valence-electron chi connectivity index (χ4n) is 3.91. The lowest BCUT2D eigenvalue weighted by Crippen LogP contribution is -2.63. The molecule has 0 saturated carbocycles. The van der Waals surface area contributed by atoms with Crippen LogP contribution in [0.4, 0.5) is 4.79 Å². The third-order valence-corrected chi connectivity index (χ3v) is 5.35. The maximum absolute atomic E-state index is 12.3. The maximum Gasteiger partial charge on any atom is 0.410 e. The van der Waals surface area contributed by atoms with E-state index in [1.807, 2.05) is 60.7 Å². The van der Waals surface area contributed by atoms with Gasteiger partial charge in [0.15, 0.2) is 6.10 Å². The SMILES string of the molecule is CC(=O)O[C@H]1[C@H](OCc2ccccc2)[C@H]2COC(=O)N2C[C@H]1OCc1ccccc1. The molecule has 0 spiro atoms. The molecule has 0 unspecified atom stereocenters. The first-order valence-electron chi connectivity index (χ1n) is 10.0. The number of hydrogen-bond donors (Lipinski definition) is 0. The number of piperidine rings is 1.